The predicted molar refractivity (Wildman–Crippen MR) is 63.3 cm³/mol. The van der Waals surface area contributed by atoms with Crippen LogP contribution in [0.1, 0.15) is 12.8 Å². The van der Waals surface area contributed by atoms with Crippen molar-refractivity contribution < 1.29 is 4.79 Å². The van der Waals surface area contributed by atoms with Gasteiger partial charge in [-0.25, -0.2) is 4.98 Å². The zero-order valence-corrected chi connectivity index (χ0v) is 9.42. The van der Waals surface area contributed by atoms with E-state index in [1.807, 2.05) is 0 Å². The summed E-state index contributed by atoms with van der Waals surface area (Å²) < 4.78 is 0. The maximum atomic E-state index is 11.4. The Kier molecular flexibility index (Phi) is 3.14. The van der Waals surface area contributed by atoms with Crippen LogP contribution in [0.2, 0.25) is 5.02 Å². The third-order valence-corrected chi connectivity index (χ3v) is 2.45. The lowest BCUT2D eigenvalue weighted by atomic mass is 10.4. The van der Waals surface area contributed by atoms with Crippen molar-refractivity contribution in [1.82, 2.24) is 10.3 Å². The largest absolute Gasteiger partial charge is 0.396 e. The highest BCUT2D eigenvalue weighted by Gasteiger charge is 2.22. The fraction of sp³-hybridized carbons (Fsp3) is 0.400. The molecule has 0 aliphatic heterocycles. The summed E-state index contributed by atoms with van der Waals surface area (Å²) in [6.45, 7) is 0.176. The normalized spacial score (nSPS) is 14.6. The Bertz CT molecular complexity index is 406. The molecule has 1 fully saturated rings. The van der Waals surface area contributed by atoms with E-state index < -0.39 is 0 Å². The topological polar surface area (TPSA) is 80.0 Å². The molecular weight excluding hydrogens is 228 g/mol. The smallest absolute Gasteiger partial charge is 0.239 e. The first-order valence-electron chi connectivity index (χ1n) is 5.09. The van der Waals surface area contributed by atoms with Crippen molar-refractivity contribution in [1.29, 1.82) is 0 Å². The second-order valence-electron chi connectivity index (χ2n) is 3.79. The molecule has 0 radical (unpaired) electrons. The molecule has 1 aliphatic carbocycles. The van der Waals surface area contributed by atoms with Crippen LogP contribution in [-0.4, -0.2) is 23.5 Å². The predicted octanol–water partition coefficient (Wildman–Crippen LogP) is 1.01. The number of rotatable bonds is 4. The first-order chi connectivity index (χ1) is 7.65. The van der Waals surface area contributed by atoms with Crippen LogP contribution in [0.4, 0.5) is 11.5 Å². The van der Waals surface area contributed by atoms with Gasteiger partial charge in [-0.1, -0.05) is 11.6 Å². The highest BCUT2D eigenvalue weighted by Crippen LogP contribution is 2.20. The summed E-state index contributed by atoms with van der Waals surface area (Å²) >= 11 is 5.71. The number of nitrogens with one attached hydrogen (secondary N) is 2. The van der Waals surface area contributed by atoms with Gasteiger partial charge in [-0.3, -0.25) is 4.79 Å². The summed E-state index contributed by atoms with van der Waals surface area (Å²) in [6, 6.07) is 1.96. The number of amides is 1. The van der Waals surface area contributed by atoms with E-state index in [1.54, 1.807) is 6.07 Å². The van der Waals surface area contributed by atoms with Crippen LogP contribution < -0.4 is 16.4 Å². The first kappa shape index (κ1) is 11.0. The summed E-state index contributed by atoms with van der Waals surface area (Å²) in [6.07, 6.45) is 3.64. The lowest BCUT2D eigenvalue weighted by Crippen LogP contribution is -2.31. The summed E-state index contributed by atoms with van der Waals surface area (Å²) in [7, 11) is 0. The molecule has 0 unspecified atom stereocenters. The summed E-state index contributed by atoms with van der Waals surface area (Å²) in [5.74, 6) is 0.439. The molecule has 1 heterocycles. The minimum atomic E-state index is -0.0429. The molecule has 86 valence electrons. The molecule has 1 aromatic heterocycles. The van der Waals surface area contributed by atoms with Gasteiger partial charge in [0.05, 0.1) is 17.3 Å². The number of pyridine rings is 1. The second kappa shape index (κ2) is 4.57. The minimum absolute atomic E-state index is 0.0429. The van der Waals surface area contributed by atoms with E-state index in [0.717, 1.165) is 12.8 Å². The molecular formula is C10H13ClN4O. The van der Waals surface area contributed by atoms with Crippen molar-refractivity contribution in [2.45, 2.75) is 18.9 Å². The molecule has 0 saturated heterocycles. The molecule has 0 bridgehead atoms. The fourth-order valence-electron chi connectivity index (χ4n) is 1.27. The molecule has 0 spiro atoms. The average Bonchev–Trinajstić information content (AvgIpc) is 3.00. The third-order valence-electron chi connectivity index (χ3n) is 2.24. The Morgan fingerprint density at radius 1 is 1.62 bits per heavy atom. The maximum Gasteiger partial charge on any atom is 0.239 e. The number of nitrogens with zero attached hydrogens (tertiary/aromatic N) is 1. The summed E-state index contributed by atoms with van der Waals surface area (Å²) in [5.41, 5.74) is 6.12. The average molecular weight is 241 g/mol. The monoisotopic (exact) mass is 240 g/mol. The molecule has 1 aromatic rings. The minimum Gasteiger partial charge on any atom is -0.396 e. The van der Waals surface area contributed by atoms with Crippen molar-refractivity contribution in [3.63, 3.8) is 0 Å². The van der Waals surface area contributed by atoms with Crippen molar-refractivity contribution in [2.75, 3.05) is 17.6 Å². The number of carbonyl (C=O) groups excluding carboxylic acids is 1. The van der Waals surface area contributed by atoms with E-state index >= 15 is 0 Å². The maximum absolute atomic E-state index is 11.4. The Labute approximate surface area is 98.4 Å². The van der Waals surface area contributed by atoms with Crippen LogP contribution in [0.15, 0.2) is 12.3 Å². The van der Waals surface area contributed by atoms with Crippen LogP contribution in [0.25, 0.3) is 0 Å². The van der Waals surface area contributed by atoms with Gasteiger partial charge >= 0.3 is 0 Å². The van der Waals surface area contributed by atoms with Crippen molar-refractivity contribution in [3.8, 4) is 0 Å². The van der Waals surface area contributed by atoms with Crippen LogP contribution in [0.5, 0.6) is 0 Å². The van der Waals surface area contributed by atoms with Gasteiger partial charge in [0.1, 0.15) is 5.82 Å². The Morgan fingerprint density at radius 3 is 3.00 bits per heavy atom. The molecule has 1 amide bonds. The quantitative estimate of drug-likeness (QED) is 0.734. The Hall–Kier alpha value is -1.49. The van der Waals surface area contributed by atoms with Gasteiger partial charge in [0.25, 0.3) is 0 Å². The molecule has 2 rings (SSSR count). The standard InChI is InChI=1S/C10H13ClN4O/c11-6-3-8(12)10(13-4-6)14-5-9(16)15-7-1-2-7/h3-4,7H,1-2,5,12H2,(H,13,14)(H,15,16). The first-order valence-corrected chi connectivity index (χ1v) is 5.47. The summed E-state index contributed by atoms with van der Waals surface area (Å²) in [5, 5.41) is 6.20. The van der Waals surface area contributed by atoms with Gasteiger partial charge in [0.2, 0.25) is 5.91 Å². The van der Waals surface area contributed by atoms with Crippen LogP contribution in [-0.2, 0) is 4.79 Å². The third kappa shape index (κ3) is 3.00. The molecule has 0 aromatic carbocycles. The number of hydrogen-bond donors (Lipinski definition) is 3. The van der Waals surface area contributed by atoms with Crippen molar-refractivity contribution >= 4 is 29.0 Å². The van der Waals surface area contributed by atoms with Crippen molar-refractivity contribution in [2.24, 2.45) is 0 Å². The number of nitrogen functional groups attached to an aromatic ring is 1. The van der Waals surface area contributed by atoms with Crippen molar-refractivity contribution in [3.05, 3.63) is 17.3 Å². The van der Waals surface area contributed by atoms with E-state index in [4.69, 9.17) is 17.3 Å². The summed E-state index contributed by atoms with van der Waals surface area (Å²) in [4.78, 5) is 15.4. The van der Waals surface area contributed by atoms with E-state index in [2.05, 4.69) is 15.6 Å². The van der Waals surface area contributed by atoms with Gasteiger partial charge in [0, 0.05) is 12.2 Å². The second-order valence-corrected chi connectivity index (χ2v) is 4.22. The van der Waals surface area contributed by atoms with Gasteiger partial charge in [-0.05, 0) is 18.9 Å². The zero-order chi connectivity index (χ0) is 11.5. The van der Waals surface area contributed by atoms with Gasteiger partial charge in [0.15, 0.2) is 0 Å². The molecule has 4 N–H and O–H groups in total. The zero-order valence-electron chi connectivity index (χ0n) is 8.66. The Balaban J connectivity index is 1.85. The number of aromatic nitrogens is 1. The fourth-order valence-corrected chi connectivity index (χ4v) is 1.44. The van der Waals surface area contributed by atoms with Crippen LogP contribution in [0.3, 0.4) is 0 Å². The molecule has 1 saturated carbocycles. The van der Waals surface area contributed by atoms with Crippen LogP contribution in [0, 0.1) is 0 Å². The van der Waals surface area contributed by atoms with Gasteiger partial charge < -0.3 is 16.4 Å². The van der Waals surface area contributed by atoms with E-state index in [9.17, 15) is 4.79 Å². The van der Waals surface area contributed by atoms with Crippen LogP contribution >= 0.6 is 11.6 Å². The molecule has 5 nitrogen and oxygen atoms in total. The lowest BCUT2D eigenvalue weighted by Gasteiger charge is -2.08. The van der Waals surface area contributed by atoms with E-state index in [0.29, 0.717) is 22.6 Å². The molecule has 16 heavy (non-hydrogen) atoms. The highest BCUT2D eigenvalue weighted by atomic mass is 35.5. The number of carbonyl (C=O) groups is 1. The van der Waals surface area contributed by atoms with Gasteiger partial charge in [-0.2, -0.15) is 0 Å². The number of nitrogens with two attached hydrogens (primary N) is 1. The number of halogens is 1. The van der Waals surface area contributed by atoms with E-state index in [1.165, 1.54) is 6.20 Å². The SMILES string of the molecule is Nc1cc(Cl)cnc1NCC(=O)NC1CC1. The molecule has 1 aliphatic rings. The van der Waals surface area contributed by atoms with Gasteiger partial charge in [-0.15, -0.1) is 0 Å². The highest BCUT2D eigenvalue weighted by molar-refractivity contribution is 6.30. The lowest BCUT2D eigenvalue weighted by molar-refractivity contribution is -0.119. The number of hydrogen-bond acceptors (Lipinski definition) is 4. The molecule has 6 heteroatoms. The number of anilines is 2. The molecule has 0 atom stereocenters. The van der Waals surface area contributed by atoms with E-state index in [-0.39, 0.29) is 12.5 Å². The Morgan fingerprint density at radius 2 is 2.38 bits per heavy atom.